The number of aromatic nitrogens is 1. The van der Waals surface area contributed by atoms with Gasteiger partial charge in [-0.2, -0.15) is 0 Å². The lowest BCUT2D eigenvalue weighted by Crippen LogP contribution is -2.33. The first-order valence-corrected chi connectivity index (χ1v) is 8.75. The molecule has 134 valence electrons. The zero-order valence-electron chi connectivity index (χ0n) is 14.9. The summed E-state index contributed by atoms with van der Waals surface area (Å²) >= 11 is 0. The van der Waals surface area contributed by atoms with Crippen molar-refractivity contribution in [2.45, 2.75) is 26.7 Å². The van der Waals surface area contributed by atoms with Gasteiger partial charge in [-0.1, -0.05) is 37.3 Å². The van der Waals surface area contributed by atoms with Crippen LogP contribution in [0.4, 0.5) is 5.69 Å². The molecule has 2 aromatic carbocycles. The van der Waals surface area contributed by atoms with Crippen LogP contribution in [0.3, 0.4) is 0 Å². The molecule has 3 rings (SSSR count). The number of para-hydroxylation sites is 1. The van der Waals surface area contributed by atoms with Gasteiger partial charge in [0, 0.05) is 23.1 Å². The quantitative estimate of drug-likeness (QED) is 0.743. The zero-order valence-corrected chi connectivity index (χ0v) is 14.9. The molecule has 0 saturated carbocycles. The van der Waals surface area contributed by atoms with Crippen molar-refractivity contribution in [1.82, 2.24) is 4.98 Å². The van der Waals surface area contributed by atoms with E-state index in [0.29, 0.717) is 17.6 Å². The summed E-state index contributed by atoms with van der Waals surface area (Å²) in [5.41, 5.74) is 3.13. The molecule has 0 unspecified atom stereocenters. The number of aryl methyl sites for hydroxylation is 1. The molecule has 0 aliphatic heterocycles. The van der Waals surface area contributed by atoms with E-state index in [1.54, 1.807) is 11.0 Å². The van der Waals surface area contributed by atoms with Crippen molar-refractivity contribution < 1.29 is 14.7 Å². The first-order valence-electron chi connectivity index (χ1n) is 8.75. The highest BCUT2D eigenvalue weighted by Crippen LogP contribution is 2.24. The highest BCUT2D eigenvalue weighted by Gasteiger charge is 2.20. The molecule has 0 atom stereocenters. The average Bonchev–Trinajstić information content (AvgIpc) is 3.02. The summed E-state index contributed by atoms with van der Waals surface area (Å²) in [5, 5.41) is 12.2. The fraction of sp³-hybridized carbons (Fsp3) is 0.238. The Hall–Kier alpha value is -3.08. The van der Waals surface area contributed by atoms with Crippen molar-refractivity contribution in [3.05, 3.63) is 65.4 Å². The number of aromatic carboxylic acids is 1. The Balaban J connectivity index is 1.94. The van der Waals surface area contributed by atoms with Crippen LogP contribution < -0.4 is 10.0 Å². The van der Waals surface area contributed by atoms with Gasteiger partial charge in [-0.3, -0.25) is 4.79 Å². The molecule has 0 spiro atoms. The summed E-state index contributed by atoms with van der Waals surface area (Å²) in [5.74, 6) is -1.46. The number of carboxylic acids is 1. The van der Waals surface area contributed by atoms with Crippen molar-refractivity contribution in [3.8, 4) is 0 Å². The zero-order chi connectivity index (χ0) is 18.7. The van der Waals surface area contributed by atoms with Gasteiger partial charge < -0.3 is 19.8 Å². The third-order valence-corrected chi connectivity index (χ3v) is 4.62. The number of carbonyl (C=O) groups is 2. The maximum Gasteiger partial charge on any atom is 0.231 e. The number of nitrogens with one attached hydrogen (secondary N) is 1. The first kappa shape index (κ1) is 17.7. The van der Waals surface area contributed by atoms with Crippen LogP contribution in [0.5, 0.6) is 0 Å². The van der Waals surface area contributed by atoms with E-state index in [1.807, 2.05) is 49.4 Å². The monoisotopic (exact) mass is 349 g/mol. The number of nitrogens with zero attached hydrogens (tertiary/aromatic N) is 1. The smallest absolute Gasteiger partial charge is 0.231 e. The molecule has 0 radical (unpaired) electrons. The van der Waals surface area contributed by atoms with E-state index in [0.717, 1.165) is 17.5 Å². The molecule has 1 heterocycles. The fourth-order valence-electron chi connectivity index (χ4n) is 3.22. The molecule has 1 amide bonds. The van der Waals surface area contributed by atoms with Gasteiger partial charge >= 0.3 is 0 Å². The number of fused-ring (bicyclic) bond motifs is 1. The summed E-state index contributed by atoms with van der Waals surface area (Å²) in [6.07, 6.45) is 0.932. The number of likely N-dealkylation sites (N-methyl/N-ethyl adjacent to an activating group) is 1. The van der Waals surface area contributed by atoms with E-state index in [4.69, 9.17) is 0 Å². The van der Waals surface area contributed by atoms with E-state index in [1.165, 1.54) is 5.56 Å². The van der Waals surface area contributed by atoms with Crippen LogP contribution in [-0.4, -0.2) is 23.4 Å². The lowest BCUT2D eigenvalue weighted by atomic mass is 10.1. The Morgan fingerprint density at radius 3 is 2.35 bits per heavy atom. The van der Waals surface area contributed by atoms with E-state index in [-0.39, 0.29) is 18.0 Å². The summed E-state index contributed by atoms with van der Waals surface area (Å²) in [6.45, 7) is 4.49. The Labute approximate surface area is 152 Å². The SMILES string of the molecule is CCc1ccc(N(CC)C(=O)Cc2c(C(=O)[O-])[nH]c3ccccc23)cc1. The number of anilines is 1. The number of benzene rings is 2. The third-order valence-electron chi connectivity index (χ3n) is 4.62. The van der Waals surface area contributed by atoms with Crippen molar-refractivity contribution in [1.29, 1.82) is 0 Å². The van der Waals surface area contributed by atoms with Gasteiger partial charge in [-0.25, -0.2) is 0 Å². The molecule has 3 aromatic rings. The lowest BCUT2D eigenvalue weighted by molar-refractivity contribution is -0.255. The van der Waals surface area contributed by atoms with Gasteiger partial charge in [0.1, 0.15) is 0 Å². The number of carboxylic acid groups (broad SMARTS) is 1. The summed E-state index contributed by atoms with van der Waals surface area (Å²) < 4.78 is 0. The summed E-state index contributed by atoms with van der Waals surface area (Å²) in [7, 11) is 0. The van der Waals surface area contributed by atoms with Crippen LogP contribution in [0, 0.1) is 0 Å². The van der Waals surface area contributed by atoms with Gasteiger partial charge in [-0.05, 0) is 42.7 Å². The van der Waals surface area contributed by atoms with Crippen molar-refractivity contribution >= 4 is 28.5 Å². The first-order chi connectivity index (χ1) is 12.5. The Morgan fingerprint density at radius 2 is 1.73 bits per heavy atom. The third kappa shape index (κ3) is 3.33. The highest BCUT2D eigenvalue weighted by atomic mass is 16.4. The minimum atomic E-state index is -1.31. The highest BCUT2D eigenvalue weighted by molar-refractivity contribution is 6.02. The molecule has 0 bridgehead atoms. The largest absolute Gasteiger partial charge is 0.543 e. The predicted octanol–water partition coefficient (Wildman–Crippen LogP) is 2.69. The molecule has 0 saturated heterocycles. The number of hydrogen-bond acceptors (Lipinski definition) is 3. The molecule has 26 heavy (non-hydrogen) atoms. The second-order valence-corrected chi connectivity index (χ2v) is 6.15. The van der Waals surface area contributed by atoms with E-state index in [9.17, 15) is 14.7 Å². The van der Waals surface area contributed by atoms with Gasteiger partial charge in [0.05, 0.1) is 18.1 Å². The average molecular weight is 349 g/mol. The minimum absolute atomic E-state index is 0.00328. The number of carbonyl (C=O) groups excluding carboxylic acids is 2. The lowest BCUT2D eigenvalue weighted by Gasteiger charge is -2.21. The number of aromatic amines is 1. The van der Waals surface area contributed by atoms with E-state index < -0.39 is 5.97 Å². The Kier molecular flexibility index (Phi) is 5.07. The number of amides is 1. The van der Waals surface area contributed by atoms with Crippen LogP contribution >= 0.6 is 0 Å². The van der Waals surface area contributed by atoms with Crippen LogP contribution in [0.15, 0.2) is 48.5 Å². The second-order valence-electron chi connectivity index (χ2n) is 6.15. The van der Waals surface area contributed by atoms with Crippen molar-refractivity contribution in [2.24, 2.45) is 0 Å². The molecule has 5 heteroatoms. The molecule has 0 aliphatic carbocycles. The normalized spacial score (nSPS) is 10.8. The Bertz CT molecular complexity index is 942. The molecular weight excluding hydrogens is 328 g/mol. The maximum atomic E-state index is 12.9. The molecule has 0 aliphatic rings. The van der Waals surface area contributed by atoms with E-state index in [2.05, 4.69) is 11.9 Å². The second kappa shape index (κ2) is 7.44. The molecule has 0 fully saturated rings. The number of H-pyrrole nitrogens is 1. The number of rotatable bonds is 6. The predicted molar refractivity (Wildman–Crippen MR) is 100 cm³/mol. The summed E-state index contributed by atoms with van der Waals surface area (Å²) in [4.78, 5) is 28.9. The summed E-state index contributed by atoms with van der Waals surface area (Å²) in [6, 6.07) is 15.1. The van der Waals surface area contributed by atoms with Gasteiger partial charge in [0.25, 0.3) is 0 Å². The van der Waals surface area contributed by atoms with E-state index >= 15 is 0 Å². The molecule has 5 nitrogen and oxygen atoms in total. The van der Waals surface area contributed by atoms with Crippen molar-refractivity contribution in [3.63, 3.8) is 0 Å². The van der Waals surface area contributed by atoms with Crippen LogP contribution in [-0.2, 0) is 17.6 Å². The maximum absolute atomic E-state index is 12.9. The van der Waals surface area contributed by atoms with Crippen LogP contribution in [0.25, 0.3) is 10.9 Å². The minimum Gasteiger partial charge on any atom is -0.543 e. The molecular formula is C21H21N2O3-. The fourth-order valence-corrected chi connectivity index (χ4v) is 3.22. The molecule has 1 N–H and O–H groups in total. The van der Waals surface area contributed by atoms with Crippen LogP contribution in [0.1, 0.15) is 35.5 Å². The van der Waals surface area contributed by atoms with Crippen molar-refractivity contribution in [2.75, 3.05) is 11.4 Å². The van der Waals surface area contributed by atoms with Crippen LogP contribution in [0.2, 0.25) is 0 Å². The molecule has 1 aromatic heterocycles. The van der Waals surface area contributed by atoms with Gasteiger partial charge in [0.15, 0.2) is 0 Å². The van der Waals surface area contributed by atoms with Gasteiger partial charge in [-0.15, -0.1) is 0 Å². The standard InChI is InChI=1S/C21H22N2O3/c1-3-14-9-11-15(12-10-14)23(4-2)19(24)13-17-16-7-5-6-8-18(16)22-20(17)21(25)26/h5-12,22H,3-4,13H2,1-2H3,(H,25,26)/p-1. The topological polar surface area (TPSA) is 76.2 Å². The number of hydrogen-bond donors (Lipinski definition) is 1. The Morgan fingerprint density at radius 1 is 1.04 bits per heavy atom. The van der Waals surface area contributed by atoms with Gasteiger partial charge in [0.2, 0.25) is 5.91 Å².